The van der Waals surface area contributed by atoms with E-state index in [0.717, 1.165) is 22.1 Å². The van der Waals surface area contributed by atoms with Crippen LogP contribution >= 0.6 is 0 Å². The molecule has 0 aliphatic heterocycles. The zero-order valence-corrected chi connectivity index (χ0v) is 11.4. The number of hydrogen-bond donors (Lipinski definition) is 2. The molecule has 3 N–H and O–H groups in total. The molecule has 1 heterocycles. The number of nitrogen functional groups attached to an aromatic ring is 1. The number of rotatable bonds is 2. The van der Waals surface area contributed by atoms with E-state index in [1.165, 1.54) is 32.1 Å². The highest BCUT2D eigenvalue weighted by Crippen LogP contribution is 2.34. The van der Waals surface area contributed by atoms with Crippen LogP contribution in [0.2, 0.25) is 0 Å². The number of nitrogens with two attached hydrogens (primary N) is 1. The number of hydrogen-bond acceptors (Lipinski definition) is 3. The topological polar surface area (TPSA) is 50.9 Å². The average molecular weight is 255 g/mol. The number of aromatic nitrogens is 1. The van der Waals surface area contributed by atoms with Crippen LogP contribution in [0.1, 0.15) is 39.0 Å². The molecule has 1 aromatic carbocycles. The molecule has 0 radical (unpaired) electrons. The van der Waals surface area contributed by atoms with Gasteiger partial charge in [0.2, 0.25) is 0 Å². The lowest BCUT2D eigenvalue weighted by atomic mass is 9.83. The Kier molecular flexibility index (Phi) is 3.05. The van der Waals surface area contributed by atoms with Gasteiger partial charge >= 0.3 is 0 Å². The Bertz CT molecular complexity index is 586. The summed E-state index contributed by atoms with van der Waals surface area (Å²) in [6.07, 6.45) is 10.2. The first kappa shape index (κ1) is 12.3. The van der Waals surface area contributed by atoms with Crippen LogP contribution in [0.3, 0.4) is 0 Å². The van der Waals surface area contributed by atoms with Crippen molar-refractivity contribution in [3.05, 3.63) is 30.6 Å². The second kappa shape index (κ2) is 4.72. The molecule has 0 spiro atoms. The molecule has 1 saturated carbocycles. The predicted molar refractivity (Wildman–Crippen MR) is 81.3 cm³/mol. The van der Waals surface area contributed by atoms with Crippen molar-refractivity contribution in [2.24, 2.45) is 0 Å². The molecule has 1 fully saturated rings. The minimum atomic E-state index is 0.205. The monoisotopic (exact) mass is 255 g/mol. The van der Waals surface area contributed by atoms with Gasteiger partial charge in [-0.1, -0.05) is 19.3 Å². The third-order valence-electron chi connectivity index (χ3n) is 4.25. The van der Waals surface area contributed by atoms with Gasteiger partial charge in [-0.25, -0.2) is 0 Å². The fourth-order valence-corrected chi connectivity index (χ4v) is 3.10. The van der Waals surface area contributed by atoms with Crippen molar-refractivity contribution in [2.75, 3.05) is 11.1 Å². The molecule has 1 aromatic heterocycles. The molecule has 2 aromatic rings. The summed E-state index contributed by atoms with van der Waals surface area (Å²) in [5.41, 5.74) is 8.21. The number of anilines is 2. The van der Waals surface area contributed by atoms with E-state index < -0.39 is 0 Å². The Labute approximate surface area is 114 Å². The SMILES string of the molecule is CC1(Nc2ccc(N)c3ccncc23)CCCCC1. The summed E-state index contributed by atoms with van der Waals surface area (Å²) in [5, 5.41) is 5.93. The molecule has 3 heteroatoms. The first-order valence-electron chi connectivity index (χ1n) is 7.08. The Morgan fingerprint density at radius 2 is 1.89 bits per heavy atom. The largest absolute Gasteiger partial charge is 0.398 e. The van der Waals surface area contributed by atoms with Gasteiger partial charge in [0.1, 0.15) is 0 Å². The molecule has 0 atom stereocenters. The van der Waals surface area contributed by atoms with Crippen LogP contribution in [0.25, 0.3) is 10.8 Å². The minimum absolute atomic E-state index is 0.205. The van der Waals surface area contributed by atoms with E-state index in [0.29, 0.717) is 0 Å². The van der Waals surface area contributed by atoms with Crippen molar-refractivity contribution >= 4 is 22.1 Å². The maximum Gasteiger partial charge on any atom is 0.0441 e. The standard InChI is InChI=1S/C16H21N3/c1-16(8-3-2-4-9-16)19-15-6-5-14(17)12-7-10-18-11-13(12)15/h5-7,10-11,19H,2-4,8-9,17H2,1H3. The quantitative estimate of drug-likeness (QED) is 0.799. The molecular weight excluding hydrogens is 234 g/mol. The molecule has 3 nitrogen and oxygen atoms in total. The Hall–Kier alpha value is -1.77. The molecule has 0 amide bonds. The lowest BCUT2D eigenvalue weighted by molar-refractivity contribution is 0.349. The van der Waals surface area contributed by atoms with E-state index in [1.54, 1.807) is 6.20 Å². The Morgan fingerprint density at radius 3 is 2.68 bits per heavy atom. The van der Waals surface area contributed by atoms with Gasteiger partial charge in [0.05, 0.1) is 0 Å². The smallest absolute Gasteiger partial charge is 0.0441 e. The van der Waals surface area contributed by atoms with E-state index in [9.17, 15) is 0 Å². The van der Waals surface area contributed by atoms with E-state index in [4.69, 9.17) is 5.73 Å². The number of benzene rings is 1. The molecule has 100 valence electrons. The zero-order chi connectivity index (χ0) is 13.3. The lowest BCUT2D eigenvalue weighted by Gasteiger charge is -2.36. The van der Waals surface area contributed by atoms with Gasteiger partial charge in [-0.05, 0) is 38.0 Å². The molecule has 1 aliphatic rings. The number of nitrogens with one attached hydrogen (secondary N) is 1. The van der Waals surface area contributed by atoms with Crippen LogP contribution in [0.15, 0.2) is 30.6 Å². The highest BCUT2D eigenvalue weighted by atomic mass is 15.0. The minimum Gasteiger partial charge on any atom is -0.398 e. The molecular formula is C16H21N3. The predicted octanol–water partition coefficient (Wildman–Crippen LogP) is 3.95. The summed E-state index contributed by atoms with van der Waals surface area (Å²) in [5.74, 6) is 0. The van der Waals surface area contributed by atoms with Crippen LogP contribution in [0.5, 0.6) is 0 Å². The van der Waals surface area contributed by atoms with Gasteiger partial charge in [-0.15, -0.1) is 0 Å². The van der Waals surface area contributed by atoms with E-state index in [2.05, 4.69) is 23.3 Å². The summed E-state index contributed by atoms with van der Waals surface area (Å²) in [6.45, 7) is 2.32. The van der Waals surface area contributed by atoms with Crippen molar-refractivity contribution < 1.29 is 0 Å². The average Bonchev–Trinajstić information content (AvgIpc) is 2.43. The molecule has 0 unspecified atom stereocenters. The van der Waals surface area contributed by atoms with E-state index >= 15 is 0 Å². The van der Waals surface area contributed by atoms with Gasteiger partial charge < -0.3 is 11.1 Å². The van der Waals surface area contributed by atoms with Crippen LogP contribution in [-0.2, 0) is 0 Å². The second-order valence-corrected chi connectivity index (χ2v) is 5.87. The van der Waals surface area contributed by atoms with Crippen molar-refractivity contribution in [1.82, 2.24) is 4.98 Å². The fraction of sp³-hybridized carbons (Fsp3) is 0.438. The maximum atomic E-state index is 6.04. The van der Waals surface area contributed by atoms with Gasteiger partial charge in [-0.3, -0.25) is 4.98 Å². The molecule has 1 aliphatic carbocycles. The Morgan fingerprint density at radius 1 is 1.11 bits per heavy atom. The van der Waals surface area contributed by atoms with Crippen molar-refractivity contribution in [2.45, 2.75) is 44.6 Å². The third-order valence-corrected chi connectivity index (χ3v) is 4.25. The summed E-state index contributed by atoms with van der Waals surface area (Å²) >= 11 is 0. The highest BCUT2D eigenvalue weighted by molar-refractivity contribution is 6.00. The lowest BCUT2D eigenvalue weighted by Crippen LogP contribution is -2.36. The second-order valence-electron chi connectivity index (χ2n) is 5.87. The third kappa shape index (κ3) is 2.37. The number of nitrogens with zero attached hydrogens (tertiary/aromatic N) is 1. The van der Waals surface area contributed by atoms with Crippen molar-refractivity contribution in [3.63, 3.8) is 0 Å². The summed E-state index contributed by atoms with van der Waals surface area (Å²) < 4.78 is 0. The number of fused-ring (bicyclic) bond motifs is 1. The van der Waals surface area contributed by atoms with Crippen molar-refractivity contribution in [1.29, 1.82) is 0 Å². The van der Waals surface area contributed by atoms with Gasteiger partial charge in [-0.2, -0.15) is 0 Å². The first-order chi connectivity index (χ1) is 9.18. The fourth-order valence-electron chi connectivity index (χ4n) is 3.10. The van der Waals surface area contributed by atoms with E-state index in [1.807, 2.05) is 18.3 Å². The van der Waals surface area contributed by atoms with E-state index in [-0.39, 0.29) is 5.54 Å². The molecule has 0 saturated heterocycles. The molecule has 3 rings (SSSR count). The molecule has 0 bridgehead atoms. The first-order valence-corrected chi connectivity index (χ1v) is 7.08. The molecule has 19 heavy (non-hydrogen) atoms. The van der Waals surface area contributed by atoms with Crippen molar-refractivity contribution in [3.8, 4) is 0 Å². The maximum absolute atomic E-state index is 6.04. The van der Waals surface area contributed by atoms with Gasteiger partial charge in [0.25, 0.3) is 0 Å². The highest BCUT2D eigenvalue weighted by Gasteiger charge is 2.26. The summed E-state index contributed by atoms with van der Waals surface area (Å²) in [7, 11) is 0. The van der Waals surface area contributed by atoms with Crippen LogP contribution in [0.4, 0.5) is 11.4 Å². The normalized spacial score (nSPS) is 18.4. The van der Waals surface area contributed by atoms with Crippen LogP contribution < -0.4 is 11.1 Å². The summed E-state index contributed by atoms with van der Waals surface area (Å²) in [4.78, 5) is 4.23. The zero-order valence-electron chi connectivity index (χ0n) is 11.4. The van der Waals surface area contributed by atoms with Gasteiger partial charge in [0, 0.05) is 40.1 Å². The Balaban J connectivity index is 1.99. The van der Waals surface area contributed by atoms with Gasteiger partial charge in [0.15, 0.2) is 0 Å². The summed E-state index contributed by atoms with van der Waals surface area (Å²) in [6, 6.07) is 6.05. The van der Waals surface area contributed by atoms with Crippen LogP contribution in [-0.4, -0.2) is 10.5 Å². The van der Waals surface area contributed by atoms with Crippen LogP contribution in [0, 0.1) is 0 Å². The number of pyridine rings is 1.